The number of hydrogen-bond acceptors (Lipinski definition) is 5. The minimum atomic E-state index is 0.0272. The van der Waals surface area contributed by atoms with Gasteiger partial charge in [-0.1, -0.05) is 35.3 Å². The highest BCUT2D eigenvalue weighted by Crippen LogP contribution is 2.34. The van der Waals surface area contributed by atoms with Gasteiger partial charge in [0.15, 0.2) is 0 Å². The van der Waals surface area contributed by atoms with Crippen LogP contribution in [0.1, 0.15) is 24.5 Å². The molecule has 1 atom stereocenters. The van der Waals surface area contributed by atoms with E-state index >= 15 is 0 Å². The van der Waals surface area contributed by atoms with Gasteiger partial charge < -0.3 is 9.80 Å². The third-order valence-electron chi connectivity index (χ3n) is 5.42. The molecule has 0 bridgehead atoms. The molecule has 0 radical (unpaired) electrons. The molecule has 7 nitrogen and oxygen atoms in total. The fraction of sp³-hybridized carbons (Fsp3) is 0.364. The fourth-order valence-corrected chi connectivity index (χ4v) is 4.14. The van der Waals surface area contributed by atoms with E-state index in [4.69, 9.17) is 28.2 Å². The van der Waals surface area contributed by atoms with Crippen molar-refractivity contribution in [3.05, 3.63) is 58.6 Å². The minimum Gasteiger partial charge on any atom is -0.347 e. The van der Waals surface area contributed by atoms with Gasteiger partial charge in [-0.2, -0.15) is 5.10 Å². The molecular weight excluding hydrogens is 435 g/mol. The van der Waals surface area contributed by atoms with Gasteiger partial charge in [0.25, 0.3) is 0 Å². The Hall–Kier alpha value is -2.64. The maximum atomic E-state index is 12.9. The second kappa shape index (κ2) is 9.24. The highest BCUT2D eigenvalue weighted by atomic mass is 35.5. The molecule has 1 amide bonds. The van der Waals surface area contributed by atoms with Gasteiger partial charge in [0.2, 0.25) is 11.9 Å². The van der Waals surface area contributed by atoms with Crippen molar-refractivity contribution in [2.45, 2.75) is 25.3 Å². The van der Waals surface area contributed by atoms with Gasteiger partial charge in [-0.3, -0.25) is 9.48 Å². The number of nitrogens with zero attached hydrogens (tertiary/aromatic N) is 6. The first-order valence-electron chi connectivity index (χ1n) is 10.2. The largest absolute Gasteiger partial charge is 0.347 e. The maximum Gasteiger partial charge on any atom is 0.244 e. The van der Waals surface area contributed by atoms with Crippen molar-refractivity contribution in [3.8, 4) is 11.1 Å². The lowest BCUT2D eigenvalue weighted by Gasteiger charge is -2.33. The highest BCUT2D eigenvalue weighted by Gasteiger charge is 2.28. The molecule has 0 saturated carbocycles. The predicted octanol–water partition coefficient (Wildman–Crippen LogP) is 4.12. The molecule has 0 unspecified atom stereocenters. The summed E-state index contributed by atoms with van der Waals surface area (Å²) in [5, 5.41) is 5.33. The van der Waals surface area contributed by atoms with Crippen molar-refractivity contribution in [1.82, 2.24) is 24.6 Å². The molecule has 1 fully saturated rings. The Morgan fingerprint density at radius 2 is 1.94 bits per heavy atom. The third kappa shape index (κ3) is 4.99. The van der Waals surface area contributed by atoms with Crippen LogP contribution < -0.4 is 4.90 Å². The fourth-order valence-electron chi connectivity index (χ4n) is 3.85. The quantitative estimate of drug-likeness (QED) is 0.575. The zero-order valence-corrected chi connectivity index (χ0v) is 19.0. The van der Waals surface area contributed by atoms with Gasteiger partial charge in [-0.05, 0) is 30.5 Å². The van der Waals surface area contributed by atoms with Crippen LogP contribution in [-0.4, -0.2) is 57.7 Å². The topological polar surface area (TPSA) is 67.2 Å². The van der Waals surface area contributed by atoms with E-state index in [1.165, 1.54) is 6.20 Å². The van der Waals surface area contributed by atoms with E-state index in [0.29, 0.717) is 22.5 Å². The van der Waals surface area contributed by atoms with Crippen LogP contribution in [0, 0.1) is 0 Å². The third-order valence-corrected chi connectivity index (χ3v) is 5.87. The van der Waals surface area contributed by atoms with Crippen molar-refractivity contribution < 1.29 is 4.79 Å². The summed E-state index contributed by atoms with van der Waals surface area (Å²) < 4.78 is 1.57. The number of hydrogen-bond donors (Lipinski definition) is 0. The molecule has 1 saturated heterocycles. The van der Waals surface area contributed by atoms with Crippen molar-refractivity contribution in [1.29, 1.82) is 0 Å². The van der Waals surface area contributed by atoms with E-state index in [0.717, 1.165) is 36.2 Å². The lowest BCUT2D eigenvalue weighted by atomic mass is 9.90. The number of carbonyl (C=O) groups excluding carboxylic acids is 1. The summed E-state index contributed by atoms with van der Waals surface area (Å²) in [5.74, 6) is 0.799. The summed E-state index contributed by atoms with van der Waals surface area (Å²) in [6, 6.07) is 7.69. The molecule has 3 aromatic rings. The van der Waals surface area contributed by atoms with Crippen LogP contribution >= 0.6 is 23.2 Å². The molecule has 162 valence electrons. The zero-order valence-electron chi connectivity index (χ0n) is 17.5. The number of halogens is 2. The predicted molar refractivity (Wildman–Crippen MR) is 123 cm³/mol. The van der Waals surface area contributed by atoms with Crippen molar-refractivity contribution in [2.24, 2.45) is 0 Å². The number of aromatic nitrogens is 4. The van der Waals surface area contributed by atoms with Gasteiger partial charge in [-0.15, -0.1) is 0 Å². The molecule has 1 aliphatic heterocycles. The van der Waals surface area contributed by atoms with Crippen molar-refractivity contribution in [2.75, 3.05) is 32.1 Å². The summed E-state index contributed by atoms with van der Waals surface area (Å²) in [5.41, 5.74) is 2.94. The van der Waals surface area contributed by atoms with Crippen LogP contribution in [0.15, 0.2) is 42.9 Å². The first-order valence-corrected chi connectivity index (χ1v) is 10.9. The molecule has 2 aromatic heterocycles. The van der Waals surface area contributed by atoms with Gasteiger partial charge in [0, 0.05) is 56.1 Å². The Morgan fingerprint density at radius 1 is 1.16 bits per heavy atom. The Labute approximate surface area is 191 Å². The summed E-state index contributed by atoms with van der Waals surface area (Å²) in [6.45, 7) is 1.51. The summed E-state index contributed by atoms with van der Waals surface area (Å²) in [4.78, 5) is 26.1. The molecule has 4 rings (SSSR count). The number of likely N-dealkylation sites (tertiary alicyclic amines) is 1. The number of amides is 1. The van der Waals surface area contributed by atoms with Crippen LogP contribution in [0.2, 0.25) is 10.0 Å². The summed E-state index contributed by atoms with van der Waals surface area (Å²) in [6.07, 6.45) is 6.94. The Balaban J connectivity index is 1.61. The minimum absolute atomic E-state index is 0.0272. The van der Waals surface area contributed by atoms with E-state index in [9.17, 15) is 4.79 Å². The van der Waals surface area contributed by atoms with E-state index in [1.54, 1.807) is 10.9 Å². The Bertz CT molecular complexity index is 1070. The smallest absolute Gasteiger partial charge is 0.244 e. The number of anilines is 1. The Morgan fingerprint density at radius 3 is 2.61 bits per heavy atom. The summed E-state index contributed by atoms with van der Waals surface area (Å²) >= 11 is 12.0. The van der Waals surface area contributed by atoms with Gasteiger partial charge in [0.05, 0.1) is 16.9 Å². The standard InChI is InChI=1S/C22H24Cl2N6O/c1-28(2)22-25-11-19(15-5-7-17(23)8-6-15)21(27-22)16-4-3-9-29(12-16)20(31)14-30-13-18(24)10-26-30/h5-8,10-11,13,16H,3-4,9,12,14H2,1-2H3/t16-/m0/s1. The molecule has 0 aliphatic carbocycles. The van der Waals surface area contributed by atoms with E-state index in [2.05, 4.69) is 10.1 Å². The van der Waals surface area contributed by atoms with Gasteiger partial charge in [0.1, 0.15) is 6.54 Å². The van der Waals surface area contributed by atoms with Gasteiger partial charge >= 0.3 is 0 Å². The van der Waals surface area contributed by atoms with E-state index < -0.39 is 0 Å². The molecule has 0 spiro atoms. The molecule has 1 aromatic carbocycles. The summed E-state index contributed by atoms with van der Waals surface area (Å²) in [7, 11) is 3.85. The lowest BCUT2D eigenvalue weighted by Crippen LogP contribution is -2.41. The SMILES string of the molecule is CN(C)c1ncc(-c2ccc(Cl)cc2)c([C@H]2CCCN(C(=O)Cn3cc(Cl)cn3)C2)n1. The first-order chi connectivity index (χ1) is 14.9. The number of benzene rings is 1. The number of rotatable bonds is 5. The van der Waals surface area contributed by atoms with Crippen LogP contribution in [0.5, 0.6) is 0 Å². The monoisotopic (exact) mass is 458 g/mol. The van der Waals surface area contributed by atoms with Crippen molar-refractivity contribution >= 4 is 35.1 Å². The lowest BCUT2D eigenvalue weighted by molar-refractivity contribution is -0.133. The van der Waals surface area contributed by atoms with Crippen molar-refractivity contribution in [3.63, 3.8) is 0 Å². The highest BCUT2D eigenvalue weighted by molar-refractivity contribution is 6.30. The van der Waals surface area contributed by atoms with Crippen LogP contribution in [0.25, 0.3) is 11.1 Å². The normalized spacial score (nSPS) is 16.4. The molecule has 9 heteroatoms. The zero-order chi connectivity index (χ0) is 22.0. The number of carbonyl (C=O) groups is 1. The van der Waals surface area contributed by atoms with E-state index in [-0.39, 0.29) is 18.4 Å². The van der Waals surface area contributed by atoms with E-state index in [1.807, 2.05) is 54.4 Å². The van der Waals surface area contributed by atoms with Gasteiger partial charge in [-0.25, -0.2) is 9.97 Å². The average Bonchev–Trinajstić information content (AvgIpc) is 3.18. The molecule has 1 aliphatic rings. The average molecular weight is 459 g/mol. The van der Waals surface area contributed by atoms with Crippen LogP contribution in [-0.2, 0) is 11.3 Å². The molecular formula is C22H24Cl2N6O. The Kier molecular flexibility index (Phi) is 6.43. The molecule has 31 heavy (non-hydrogen) atoms. The molecule has 3 heterocycles. The second-order valence-corrected chi connectivity index (χ2v) is 8.78. The van der Waals surface area contributed by atoms with Crippen LogP contribution in [0.4, 0.5) is 5.95 Å². The van der Waals surface area contributed by atoms with Crippen LogP contribution in [0.3, 0.4) is 0 Å². The first kappa shape index (κ1) is 21.6. The maximum absolute atomic E-state index is 12.9. The molecule has 0 N–H and O–H groups in total. The number of piperidine rings is 1. The second-order valence-electron chi connectivity index (χ2n) is 7.91.